The van der Waals surface area contributed by atoms with E-state index in [9.17, 15) is 9.59 Å². The van der Waals surface area contributed by atoms with Crippen LogP contribution in [0.1, 0.15) is 31.5 Å². The van der Waals surface area contributed by atoms with Crippen LogP contribution in [0.2, 0.25) is 0 Å². The first-order valence-corrected chi connectivity index (χ1v) is 8.89. The third-order valence-corrected chi connectivity index (χ3v) is 4.91. The molecular weight excluding hydrogens is 328 g/mol. The molecule has 1 fully saturated rings. The highest BCUT2D eigenvalue weighted by atomic mass is 16.2. The minimum atomic E-state index is -0.167. The Bertz CT molecular complexity index is 1040. The number of hydrogen-bond donors (Lipinski definition) is 1. The number of aromatic nitrogens is 3. The Morgan fingerprint density at radius 3 is 2.81 bits per heavy atom. The molecule has 1 aromatic carbocycles. The fraction of sp³-hybridized carbons (Fsp3) is 0.300. The molecule has 4 rings (SSSR count). The number of hydrogen-bond acceptors (Lipinski definition) is 4. The van der Waals surface area contributed by atoms with Gasteiger partial charge in [-0.05, 0) is 50.1 Å². The number of aryl methyl sites for hydroxylation is 1. The molecule has 0 radical (unpaired) electrons. The molecule has 0 bridgehead atoms. The minimum absolute atomic E-state index is 0.0598. The summed E-state index contributed by atoms with van der Waals surface area (Å²) in [6.07, 6.45) is 5.75. The van der Waals surface area contributed by atoms with Crippen LogP contribution in [0.15, 0.2) is 47.4 Å². The highest BCUT2D eigenvalue weighted by Gasteiger charge is 2.22. The molecule has 1 N–H and O–H groups in total. The van der Waals surface area contributed by atoms with Crippen molar-refractivity contribution in [3.63, 3.8) is 0 Å². The zero-order valence-corrected chi connectivity index (χ0v) is 14.6. The van der Waals surface area contributed by atoms with Gasteiger partial charge in [-0.15, -0.1) is 0 Å². The first kappa shape index (κ1) is 16.4. The van der Waals surface area contributed by atoms with Gasteiger partial charge >= 0.3 is 0 Å². The normalized spacial score (nSPS) is 14.7. The zero-order chi connectivity index (χ0) is 18.1. The number of nitrogens with one attached hydrogen (secondary N) is 1. The summed E-state index contributed by atoms with van der Waals surface area (Å²) in [5.74, 6) is 0.710. The van der Waals surface area contributed by atoms with Crippen LogP contribution in [-0.4, -0.2) is 20.4 Å². The average molecular weight is 348 g/mol. The summed E-state index contributed by atoms with van der Waals surface area (Å²) in [5.41, 5.74) is 1.64. The van der Waals surface area contributed by atoms with Crippen LogP contribution in [0.5, 0.6) is 0 Å². The predicted molar refractivity (Wildman–Crippen MR) is 100 cm³/mol. The molecule has 1 saturated carbocycles. The zero-order valence-electron chi connectivity index (χ0n) is 14.6. The van der Waals surface area contributed by atoms with E-state index in [0.29, 0.717) is 28.2 Å². The molecule has 132 valence electrons. The number of fused-ring (bicyclic) bond motifs is 1. The molecule has 1 aliphatic carbocycles. The predicted octanol–water partition coefficient (Wildman–Crippen LogP) is 3.22. The van der Waals surface area contributed by atoms with E-state index in [1.54, 1.807) is 29.8 Å². The molecule has 2 aromatic heterocycles. The largest absolute Gasteiger partial charge is 0.326 e. The van der Waals surface area contributed by atoms with Crippen LogP contribution in [0, 0.1) is 12.8 Å². The standard InChI is InChI=1S/C20H20N4O2/c1-13-22-18-17(10-5-11-21-18)20(26)24(13)16-9-4-8-15(12-16)23-19(25)14-6-2-3-7-14/h4-5,8-12,14H,2-3,6-7H2,1H3,(H,23,25). The van der Waals surface area contributed by atoms with Gasteiger partial charge in [0.05, 0.1) is 11.1 Å². The Morgan fingerprint density at radius 1 is 1.19 bits per heavy atom. The lowest BCUT2D eigenvalue weighted by atomic mass is 10.1. The highest BCUT2D eigenvalue weighted by molar-refractivity contribution is 5.93. The Kier molecular flexibility index (Phi) is 4.24. The van der Waals surface area contributed by atoms with Gasteiger partial charge in [0.25, 0.3) is 5.56 Å². The summed E-state index contributed by atoms with van der Waals surface area (Å²) >= 11 is 0. The van der Waals surface area contributed by atoms with E-state index in [2.05, 4.69) is 15.3 Å². The third-order valence-electron chi connectivity index (χ3n) is 4.91. The summed E-state index contributed by atoms with van der Waals surface area (Å²) in [6.45, 7) is 1.78. The molecule has 6 heteroatoms. The molecule has 1 aliphatic rings. The molecule has 0 spiro atoms. The number of benzene rings is 1. The van der Waals surface area contributed by atoms with E-state index in [0.717, 1.165) is 25.7 Å². The number of carbonyl (C=O) groups excluding carboxylic acids is 1. The van der Waals surface area contributed by atoms with Crippen molar-refractivity contribution in [2.24, 2.45) is 5.92 Å². The van der Waals surface area contributed by atoms with E-state index >= 15 is 0 Å². The van der Waals surface area contributed by atoms with Crippen molar-refractivity contribution in [1.82, 2.24) is 14.5 Å². The maximum atomic E-state index is 12.9. The van der Waals surface area contributed by atoms with Crippen molar-refractivity contribution in [1.29, 1.82) is 0 Å². The number of amides is 1. The monoisotopic (exact) mass is 348 g/mol. The van der Waals surface area contributed by atoms with Gasteiger partial charge in [0.1, 0.15) is 5.82 Å². The quantitative estimate of drug-likeness (QED) is 0.788. The van der Waals surface area contributed by atoms with Crippen LogP contribution in [0.3, 0.4) is 0 Å². The molecule has 6 nitrogen and oxygen atoms in total. The summed E-state index contributed by atoms with van der Waals surface area (Å²) in [5, 5.41) is 3.45. The topological polar surface area (TPSA) is 76.9 Å². The van der Waals surface area contributed by atoms with Crippen LogP contribution < -0.4 is 10.9 Å². The Balaban J connectivity index is 1.71. The second kappa shape index (κ2) is 6.71. The SMILES string of the molecule is Cc1nc2ncccc2c(=O)n1-c1cccc(NC(=O)C2CCCC2)c1. The number of pyridine rings is 1. The molecule has 2 heterocycles. The Labute approximate surface area is 150 Å². The van der Waals surface area contributed by atoms with E-state index in [1.807, 2.05) is 24.3 Å². The second-order valence-corrected chi connectivity index (χ2v) is 6.70. The molecule has 0 atom stereocenters. The van der Waals surface area contributed by atoms with Crippen molar-refractivity contribution in [3.05, 3.63) is 58.8 Å². The van der Waals surface area contributed by atoms with Crippen molar-refractivity contribution in [2.45, 2.75) is 32.6 Å². The maximum absolute atomic E-state index is 12.9. The summed E-state index contributed by atoms with van der Waals surface area (Å²) < 4.78 is 1.55. The van der Waals surface area contributed by atoms with E-state index in [1.165, 1.54) is 0 Å². The van der Waals surface area contributed by atoms with Gasteiger partial charge in [0.15, 0.2) is 5.65 Å². The van der Waals surface area contributed by atoms with Crippen molar-refractivity contribution in [3.8, 4) is 5.69 Å². The number of nitrogens with zero attached hydrogens (tertiary/aromatic N) is 3. The van der Waals surface area contributed by atoms with Gasteiger partial charge in [-0.2, -0.15) is 0 Å². The van der Waals surface area contributed by atoms with E-state index in [4.69, 9.17) is 0 Å². The van der Waals surface area contributed by atoms with Gasteiger partial charge in [0.2, 0.25) is 5.91 Å². The van der Waals surface area contributed by atoms with Gasteiger partial charge in [-0.1, -0.05) is 18.9 Å². The fourth-order valence-corrected chi connectivity index (χ4v) is 3.58. The molecule has 0 aliphatic heterocycles. The molecule has 0 unspecified atom stereocenters. The third kappa shape index (κ3) is 2.98. The molecule has 0 saturated heterocycles. The number of carbonyl (C=O) groups is 1. The van der Waals surface area contributed by atoms with Crippen molar-refractivity contribution < 1.29 is 4.79 Å². The molecular formula is C20H20N4O2. The Hall–Kier alpha value is -3.02. The van der Waals surface area contributed by atoms with E-state index < -0.39 is 0 Å². The van der Waals surface area contributed by atoms with Crippen LogP contribution in [0.25, 0.3) is 16.7 Å². The fourth-order valence-electron chi connectivity index (χ4n) is 3.58. The van der Waals surface area contributed by atoms with Gasteiger partial charge < -0.3 is 5.32 Å². The summed E-state index contributed by atoms with van der Waals surface area (Å²) in [4.78, 5) is 33.8. The average Bonchev–Trinajstić information content (AvgIpc) is 3.17. The number of anilines is 1. The molecule has 26 heavy (non-hydrogen) atoms. The van der Waals surface area contributed by atoms with Gasteiger partial charge in [0, 0.05) is 17.8 Å². The first-order chi connectivity index (χ1) is 12.6. The highest BCUT2D eigenvalue weighted by Crippen LogP contribution is 2.26. The first-order valence-electron chi connectivity index (χ1n) is 8.89. The number of rotatable bonds is 3. The maximum Gasteiger partial charge on any atom is 0.267 e. The van der Waals surface area contributed by atoms with Crippen molar-refractivity contribution >= 4 is 22.6 Å². The van der Waals surface area contributed by atoms with Crippen LogP contribution in [0.4, 0.5) is 5.69 Å². The molecule has 1 amide bonds. The minimum Gasteiger partial charge on any atom is -0.326 e. The smallest absolute Gasteiger partial charge is 0.267 e. The van der Waals surface area contributed by atoms with Crippen LogP contribution >= 0.6 is 0 Å². The Morgan fingerprint density at radius 2 is 2.00 bits per heavy atom. The van der Waals surface area contributed by atoms with Crippen molar-refractivity contribution in [2.75, 3.05) is 5.32 Å². The second-order valence-electron chi connectivity index (χ2n) is 6.70. The van der Waals surface area contributed by atoms with E-state index in [-0.39, 0.29) is 17.4 Å². The van der Waals surface area contributed by atoms with Crippen LogP contribution in [-0.2, 0) is 4.79 Å². The molecule has 3 aromatic rings. The summed E-state index contributed by atoms with van der Waals surface area (Å²) in [7, 11) is 0. The summed E-state index contributed by atoms with van der Waals surface area (Å²) in [6, 6.07) is 10.8. The van der Waals surface area contributed by atoms with Gasteiger partial charge in [-0.25, -0.2) is 9.97 Å². The lowest BCUT2D eigenvalue weighted by molar-refractivity contribution is -0.119. The van der Waals surface area contributed by atoms with Gasteiger partial charge in [-0.3, -0.25) is 14.2 Å². The lowest BCUT2D eigenvalue weighted by Crippen LogP contribution is -2.23. The lowest BCUT2D eigenvalue weighted by Gasteiger charge is -2.14.